The number of pyridine rings is 1. The average molecular weight is 246 g/mol. The first kappa shape index (κ1) is 12.4. The summed E-state index contributed by atoms with van der Waals surface area (Å²) in [5.74, 6) is 0.354. The molecule has 0 radical (unpaired) electrons. The van der Waals surface area contributed by atoms with Crippen LogP contribution in [0.2, 0.25) is 0 Å². The van der Waals surface area contributed by atoms with Crippen LogP contribution in [-0.2, 0) is 0 Å². The van der Waals surface area contributed by atoms with Gasteiger partial charge in [0.25, 0.3) is 0 Å². The van der Waals surface area contributed by atoms with E-state index in [2.05, 4.69) is 10.3 Å². The van der Waals surface area contributed by atoms with Gasteiger partial charge in [-0.1, -0.05) is 12.1 Å². The van der Waals surface area contributed by atoms with E-state index in [0.717, 1.165) is 11.3 Å². The zero-order valence-electron chi connectivity index (χ0n) is 10.4. The topological polar surface area (TPSA) is 34.1 Å². The number of aromatic nitrogens is 1. The van der Waals surface area contributed by atoms with Crippen molar-refractivity contribution < 1.29 is 9.13 Å². The Morgan fingerprint density at radius 2 is 1.89 bits per heavy atom. The molecule has 0 fully saturated rings. The van der Waals surface area contributed by atoms with Gasteiger partial charge in [-0.15, -0.1) is 0 Å². The minimum Gasteiger partial charge on any atom is -0.481 e. The second kappa shape index (κ2) is 5.49. The van der Waals surface area contributed by atoms with E-state index >= 15 is 0 Å². The third kappa shape index (κ3) is 2.97. The second-order valence-corrected chi connectivity index (χ2v) is 4.01. The molecule has 0 saturated heterocycles. The molecular weight excluding hydrogens is 231 g/mol. The van der Waals surface area contributed by atoms with E-state index in [9.17, 15) is 4.39 Å². The SMILES string of the molecule is COc1ccc(NC(C)c2ccc(F)cc2)cn1. The van der Waals surface area contributed by atoms with Crippen LogP contribution in [0, 0.1) is 5.82 Å². The maximum absolute atomic E-state index is 12.8. The van der Waals surface area contributed by atoms with Gasteiger partial charge in [-0.05, 0) is 30.7 Å². The Morgan fingerprint density at radius 3 is 2.44 bits per heavy atom. The van der Waals surface area contributed by atoms with Gasteiger partial charge >= 0.3 is 0 Å². The molecule has 1 aromatic carbocycles. The third-order valence-corrected chi connectivity index (χ3v) is 2.70. The van der Waals surface area contributed by atoms with Crippen molar-refractivity contribution in [2.24, 2.45) is 0 Å². The molecule has 1 atom stereocenters. The van der Waals surface area contributed by atoms with Crippen molar-refractivity contribution in [3.05, 3.63) is 54.0 Å². The summed E-state index contributed by atoms with van der Waals surface area (Å²) in [6.07, 6.45) is 1.71. The normalized spacial score (nSPS) is 11.9. The molecule has 0 bridgehead atoms. The van der Waals surface area contributed by atoms with Crippen molar-refractivity contribution in [3.8, 4) is 5.88 Å². The molecule has 0 spiro atoms. The summed E-state index contributed by atoms with van der Waals surface area (Å²) in [5, 5.41) is 3.29. The Hall–Kier alpha value is -2.10. The summed E-state index contributed by atoms with van der Waals surface area (Å²) in [6.45, 7) is 2.01. The fraction of sp³-hybridized carbons (Fsp3) is 0.214. The minimum absolute atomic E-state index is 0.0841. The van der Waals surface area contributed by atoms with E-state index in [4.69, 9.17) is 4.74 Å². The number of nitrogens with one attached hydrogen (secondary N) is 1. The molecule has 18 heavy (non-hydrogen) atoms. The van der Waals surface area contributed by atoms with Crippen molar-refractivity contribution in [1.29, 1.82) is 0 Å². The smallest absolute Gasteiger partial charge is 0.213 e. The molecule has 1 N–H and O–H groups in total. The number of halogens is 1. The zero-order chi connectivity index (χ0) is 13.0. The Labute approximate surface area is 106 Å². The molecule has 0 aliphatic heterocycles. The van der Waals surface area contributed by atoms with Gasteiger partial charge < -0.3 is 10.1 Å². The van der Waals surface area contributed by atoms with Crippen molar-refractivity contribution in [1.82, 2.24) is 4.98 Å². The van der Waals surface area contributed by atoms with Gasteiger partial charge in [0, 0.05) is 12.1 Å². The van der Waals surface area contributed by atoms with Gasteiger partial charge in [-0.3, -0.25) is 0 Å². The van der Waals surface area contributed by atoms with E-state index in [1.54, 1.807) is 31.5 Å². The zero-order valence-corrected chi connectivity index (χ0v) is 10.4. The number of anilines is 1. The Kier molecular flexibility index (Phi) is 3.77. The first-order valence-corrected chi connectivity index (χ1v) is 5.71. The molecule has 1 unspecified atom stereocenters. The Balaban J connectivity index is 2.05. The summed E-state index contributed by atoms with van der Waals surface area (Å²) in [5.41, 5.74) is 1.92. The van der Waals surface area contributed by atoms with Crippen LogP contribution in [-0.4, -0.2) is 12.1 Å². The maximum atomic E-state index is 12.8. The predicted molar refractivity (Wildman–Crippen MR) is 69.2 cm³/mol. The molecule has 0 aliphatic carbocycles. The summed E-state index contributed by atoms with van der Waals surface area (Å²) in [4.78, 5) is 4.11. The molecule has 0 saturated carbocycles. The summed E-state index contributed by atoms with van der Waals surface area (Å²) >= 11 is 0. The molecular formula is C14H15FN2O. The van der Waals surface area contributed by atoms with Gasteiger partial charge in [0.2, 0.25) is 5.88 Å². The van der Waals surface area contributed by atoms with Crippen LogP contribution in [0.1, 0.15) is 18.5 Å². The predicted octanol–water partition coefficient (Wildman–Crippen LogP) is 3.40. The first-order valence-electron chi connectivity index (χ1n) is 5.71. The average Bonchev–Trinajstić information content (AvgIpc) is 2.40. The van der Waals surface area contributed by atoms with Crippen LogP contribution in [0.25, 0.3) is 0 Å². The lowest BCUT2D eigenvalue weighted by atomic mass is 10.1. The summed E-state index contributed by atoms with van der Waals surface area (Å²) in [6, 6.07) is 10.2. The van der Waals surface area contributed by atoms with Crippen molar-refractivity contribution in [2.45, 2.75) is 13.0 Å². The highest BCUT2D eigenvalue weighted by Gasteiger charge is 2.05. The van der Waals surface area contributed by atoms with Crippen LogP contribution in [0.4, 0.5) is 10.1 Å². The van der Waals surface area contributed by atoms with Gasteiger partial charge in [-0.25, -0.2) is 9.37 Å². The molecule has 0 amide bonds. The van der Waals surface area contributed by atoms with Gasteiger partial charge in [0.15, 0.2) is 0 Å². The van der Waals surface area contributed by atoms with Crippen LogP contribution < -0.4 is 10.1 Å². The number of benzene rings is 1. The maximum Gasteiger partial charge on any atom is 0.213 e. The number of rotatable bonds is 4. The molecule has 4 heteroatoms. The van der Waals surface area contributed by atoms with Crippen LogP contribution in [0.15, 0.2) is 42.6 Å². The third-order valence-electron chi connectivity index (χ3n) is 2.70. The lowest BCUT2D eigenvalue weighted by Crippen LogP contribution is -2.06. The lowest BCUT2D eigenvalue weighted by molar-refractivity contribution is 0.398. The molecule has 2 aromatic rings. The molecule has 3 nitrogen and oxygen atoms in total. The van der Waals surface area contributed by atoms with Crippen LogP contribution >= 0.6 is 0 Å². The number of ether oxygens (including phenoxy) is 1. The Morgan fingerprint density at radius 1 is 1.17 bits per heavy atom. The van der Waals surface area contributed by atoms with Crippen molar-refractivity contribution >= 4 is 5.69 Å². The van der Waals surface area contributed by atoms with E-state index in [1.807, 2.05) is 13.0 Å². The number of methoxy groups -OCH3 is 1. The fourth-order valence-corrected chi connectivity index (χ4v) is 1.67. The monoisotopic (exact) mass is 246 g/mol. The van der Waals surface area contributed by atoms with Crippen molar-refractivity contribution in [3.63, 3.8) is 0 Å². The summed E-state index contributed by atoms with van der Waals surface area (Å²) in [7, 11) is 1.58. The lowest BCUT2D eigenvalue weighted by Gasteiger charge is -2.15. The fourth-order valence-electron chi connectivity index (χ4n) is 1.67. The number of hydrogen-bond acceptors (Lipinski definition) is 3. The summed E-state index contributed by atoms with van der Waals surface area (Å²) < 4.78 is 17.8. The quantitative estimate of drug-likeness (QED) is 0.897. The molecule has 1 aromatic heterocycles. The minimum atomic E-state index is -0.225. The van der Waals surface area contributed by atoms with Gasteiger partial charge in [-0.2, -0.15) is 0 Å². The highest BCUT2D eigenvalue weighted by molar-refractivity contribution is 5.44. The number of nitrogens with zero attached hydrogens (tertiary/aromatic N) is 1. The molecule has 1 heterocycles. The number of hydrogen-bond donors (Lipinski definition) is 1. The van der Waals surface area contributed by atoms with E-state index < -0.39 is 0 Å². The van der Waals surface area contributed by atoms with Gasteiger partial charge in [0.1, 0.15) is 5.82 Å². The van der Waals surface area contributed by atoms with E-state index in [1.165, 1.54) is 12.1 Å². The largest absolute Gasteiger partial charge is 0.481 e. The highest BCUT2D eigenvalue weighted by atomic mass is 19.1. The molecule has 0 aliphatic rings. The standard InChI is InChI=1S/C14H15FN2O/c1-10(11-3-5-12(15)6-4-11)17-13-7-8-14(18-2)16-9-13/h3-10,17H,1-2H3. The highest BCUT2D eigenvalue weighted by Crippen LogP contribution is 2.20. The van der Waals surface area contributed by atoms with Gasteiger partial charge in [0.05, 0.1) is 19.0 Å². The molecule has 2 rings (SSSR count). The van der Waals surface area contributed by atoms with Crippen LogP contribution in [0.3, 0.4) is 0 Å². The van der Waals surface area contributed by atoms with Crippen molar-refractivity contribution in [2.75, 3.05) is 12.4 Å². The van der Waals surface area contributed by atoms with E-state index in [-0.39, 0.29) is 11.9 Å². The van der Waals surface area contributed by atoms with E-state index in [0.29, 0.717) is 5.88 Å². The first-order chi connectivity index (χ1) is 8.69. The molecule has 94 valence electrons. The second-order valence-electron chi connectivity index (χ2n) is 4.01. The Bertz CT molecular complexity index is 496. The van der Waals surface area contributed by atoms with Crippen LogP contribution in [0.5, 0.6) is 5.88 Å².